The first-order valence-electron chi connectivity index (χ1n) is 16.9. The Morgan fingerprint density at radius 1 is 0.458 bits per heavy atom. The molecule has 48 heavy (non-hydrogen) atoms. The van der Waals surface area contributed by atoms with E-state index >= 15 is 0 Å². The fraction of sp³-hybridized carbons (Fsp3) is 0.130. The minimum atomic E-state index is -0.145. The molecular weight excluding hydrogens is 599 g/mol. The molecule has 1 aromatic heterocycles. The smallest absolute Gasteiger partial charge is 0.0549 e. The maximum absolute atomic E-state index is 2.59. The van der Waals surface area contributed by atoms with Crippen molar-refractivity contribution in [2.45, 2.75) is 38.5 Å². The van der Waals surface area contributed by atoms with E-state index in [0.717, 1.165) is 0 Å². The average Bonchev–Trinajstić information content (AvgIpc) is 3.69. The fourth-order valence-electron chi connectivity index (χ4n) is 8.99. The lowest BCUT2D eigenvalue weighted by molar-refractivity contribution is 0.660. The van der Waals surface area contributed by atoms with Gasteiger partial charge in [0.2, 0.25) is 0 Å². The number of hydrogen-bond donors (Lipinski definition) is 0. The lowest BCUT2D eigenvalue weighted by atomic mass is 9.80. The highest BCUT2D eigenvalue weighted by atomic mass is 32.1. The predicted molar refractivity (Wildman–Crippen MR) is 207 cm³/mol. The summed E-state index contributed by atoms with van der Waals surface area (Å²) in [6, 6.07) is 52.4. The first-order chi connectivity index (χ1) is 23.3. The van der Waals surface area contributed by atoms with E-state index in [2.05, 4.69) is 172 Å². The van der Waals surface area contributed by atoms with E-state index in [0.29, 0.717) is 0 Å². The maximum Gasteiger partial charge on any atom is 0.0549 e. The highest BCUT2D eigenvalue weighted by Gasteiger charge is 2.41. The van der Waals surface area contributed by atoms with Crippen molar-refractivity contribution in [3.8, 4) is 22.3 Å². The standard InChI is InChI=1S/C46H35NS/c1-45(2)35-19-10-7-17-32(35)42-37(45)21-13-22-38(42)47(29-24-25-41-34(27-29)31-16-9-12-23-40(31)48-41)39-26-28-14-5-6-15-30(28)44-43(39)33-18-8-11-20-36(33)46(44,3)4/h5-27H,1-4H3. The van der Waals surface area contributed by atoms with Crippen LogP contribution in [0.5, 0.6) is 0 Å². The van der Waals surface area contributed by atoms with Crippen LogP contribution in [-0.2, 0) is 10.8 Å². The van der Waals surface area contributed by atoms with E-state index in [1.165, 1.54) is 92.5 Å². The molecule has 0 fully saturated rings. The minimum absolute atomic E-state index is 0.0962. The summed E-state index contributed by atoms with van der Waals surface area (Å²) in [5, 5.41) is 5.23. The Morgan fingerprint density at radius 2 is 1.08 bits per heavy atom. The lowest BCUT2D eigenvalue weighted by Crippen LogP contribution is -2.17. The summed E-state index contributed by atoms with van der Waals surface area (Å²) in [7, 11) is 0. The van der Waals surface area contributed by atoms with Crippen molar-refractivity contribution in [3.05, 3.63) is 162 Å². The molecule has 0 atom stereocenters. The van der Waals surface area contributed by atoms with Crippen LogP contribution in [-0.4, -0.2) is 0 Å². The zero-order valence-corrected chi connectivity index (χ0v) is 28.5. The molecule has 1 nitrogen and oxygen atoms in total. The molecule has 230 valence electrons. The molecule has 7 aromatic carbocycles. The van der Waals surface area contributed by atoms with Gasteiger partial charge < -0.3 is 4.90 Å². The highest BCUT2D eigenvalue weighted by Crippen LogP contribution is 2.59. The van der Waals surface area contributed by atoms with Gasteiger partial charge in [-0.1, -0.05) is 131 Å². The lowest BCUT2D eigenvalue weighted by Gasteiger charge is -2.32. The zero-order valence-electron chi connectivity index (χ0n) is 27.6. The summed E-state index contributed by atoms with van der Waals surface area (Å²) in [5.41, 5.74) is 14.3. The van der Waals surface area contributed by atoms with Gasteiger partial charge in [-0.25, -0.2) is 0 Å². The normalized spacial score (nSPS) is 15.0. The van der Waals surface area contributed by atoms with Gasteiger partial charge in [0.1, 0.15) is 0 Å². The second-order valence-corrected chi connectivity index (χ2v) is 15.6. The van der Waals surface area contributed by atoms with Gasteiger partial charge >= 0.3 is 0 Å². The quantitative estimate of drug-likeness (QED) is 0.187. The van der Waals surface area contributed by atoms with Crippen molar-refractivity contribution in [2.24, 2.45) is 0 Å². The first-order valence-corrected chi connectivity index (χ1v) is 17.8. The molecule has 0 saturated carbocycles. The van der Waals surface area contributed by atoms with Gasteiger partial charge in [-0.05, 0) is 80.6 Å². The minimum Gasteiger partial charge on any atom is -0.309 e. The Labute approximate surface area is 285 Å². The number of anilines is 3. The second kappa shape index (κ2) is 9.69. The summed E-state index contributed by atoms with van der Waals surface area (Å²) in [4.78, 5) is 2.59. The molecule has 2 aliphatic carbocycles. The molecule has 0 bridgehead atoms. The molecule has 8 aromatic rings. The van der Waals surface area contributed by atoms with Crippen molar-refractivity contribution in [1.82, 2.24) is 0 Å². The van der Waals surface area contributed by atoms with Crippen LogP contribution in [0.25, 0.3) is 53.2 Å². The number of hydrogen-bond acceptors (Lipinski definition) is 2. The fourth-order valence-corrected chi connectivity index (χ4v) is 10.1. The van der Waals surface area contributed by atoms with E-state index in [4.69, 9.17) is 0 Å². The molecule has 1 heterocycles. The number of benzene rings is 7. The maximum atomic E-state index is 2.59. The summed E-state index contributed by atoms with van der Waals surface area (Å²) in [6.07, 6.45) is 0. The third-order valence-corrected chi connectivity index (χ3v) is 12.4. The summed E-state index contributed by atoms with van der Waals surface area (Å²) in [5.74, 6) is 0. The van der Waals surface area contributed by atoms with Crippen molar-refractivity contribution in [1.29, 1.82) is 0 Å². The van der Waals surface area contributed by atoms with E-state index in [9.17, 15) is 0 Å². The van der Waals surface area contributed by atoms with Crippen LogP contribution in [0, 0.1) is 0 Å². The number of thiophene rings is 1. The van der Waals surface area contributed by atoms with Crippen LogP contribution < -0.4 is 4.90 Å². The molecule has 0 N–H and O–H groups in total. The monoisotopic (exact) mass is 633 g/mol. The van der Waals surface area contributed by atoms with E-state index in [1.807, 2.05) is 11.3 Å². The molecule has 0 unspecified atom stereocenters. The van der Waals surface area contributed by atoms with Crippen molar-refractivity contribution in [2.75, 3.05) is 4.90 Å². The van der Waals surface area contributed by atoms with Crippen LogP contribution in [0.3, 0.4) is 0 Å². The second-order valence-electron chi connectivity index (χ2n) is 14.5. The Bertz CT molecular complexity index is 2630. The Kier molecular flexibility index (Phi) is 5.63. The Hall–Kier alpha value is -5.18. The molecule has 0 aliphatic heterocycles. The summed E-state index contributed by atoms with van der Waals surface area (Å²) >= 11 is 1.88. The topological polar surface area (TPSA) is 3.24 Å². The van der Waals surface area contributed by atoms with Gasteiger partial charge in [-0.3, -0.25) is 0 Å². The Morgan fingerprint density at radius 3 is 1.90 bits per heavy atom. The molecule has 2 aliphatic rings. The van der Waals surface area contributed by atoms with Gasteiger partial charge in [-0.15, -0.1) is 11.3 Å². The summed E-state index contributed by atoms with van der Waals surface area (Å²) in [6.45, 7) is 9.56. The van der Waals surface area contributed by atoms with Crippen molar-refractivity contribution < 1.29 is 0 Å². The molecule has 10 rings (SSSR count). The van der Waals surface area contributed by atoms with Crippen LogP contribution in [0.2, 0.25) is 0 Å². The van der Waals surface area contributed by atoms with E-state index < -0.39 is 0 Å². The Balaban J connectivity index is 1.37. The molecule has 0 amide bonds. The van der Waals surface area contributed by atoms with Crippen LogP contribution >= 0.6 is 11.3 Å². The molecular formula is C46H35NS. The van der Waals surface area contributed by atoms with Crippen LogP contribution in [0.15, 0.2) is 140 Å². The van der Waals surface area contributed by atoms with Crippen molar-refractivity contribution in [3.63, 3.8) is 0 Å². The predicted octanol–water partition coefficient (Wildman–Crippen LogP) is 13.3. The SMILES string of the molecule is CC1(C)c2ccccc2-c2c(N(c3ccc4sc5ccccc5c4c3)c3cc4ccccc4c4c3-c3ccccc3C4(C)C)cccc21. The molecule has 0 saturated heterocycles. The number of rotatable bonds is 3. The van der Waals surface area contributed by atoms with Gasteiger partial charge in [0.25, 0.3) is 0 Å². The van der Waals surface area contributed by atoms with Crippen LogP contribution in [0.4, 0.5) is 17.1 Å². The number of nitrogens with zero attached hydrogens (tertiary/aromatic N) is 1. The molecule has 2 heteroatoms. The third-order valence-electron chi connectivity index (χ3n) is 11.2. The summed E-state index contributed by atoms with van der Waals surface area (Å²) < 4.78 is 2.65. The van der Waals surface area contributed by atoms with Gasteiger partial charge in [0.05, 0.1) is 11.4 Å². The van der Waals surface area contributed by atoms with E-state index in [-0.39, 0.29) is 10.8 Å². The third kappa shape index (κ3) is 3.61. The largest absolute Gasteiger partial charge is 0.309 e. The average molecular weight is 634 g/mol. The van der Waals surface area contributed by atoms with Crippen molar-refractivity contribution >= 4 is 59.3 Å². The first kappa shape index (κ1) is 27.9. The molecule has 0 spiro atoms. The highest BCUT2D eigenvalue weighted by molar-refractivity contribution is 7.25. The van der Waals surface area contributed by atoms with Crippen LogP contribution in [0.1, 0.15) is 49.9 Å². The molecule has 0 radical (unpaired) electrons. The zero-order chi connectivity index (χ0) is 32.4. The number of fused-ring (bicyclic) bond motifs is 11. The van der Waals surface area contributed by atoms with Gasteiger partial charge in [0.15, 0.2) is 0 Å². The van der Waals surface area contributed by atoms with Gasteiger partial charge in [-0.2, -0.15) is 0 Å². The van der Waals surface area contributed by atoms with Gasteiger partial charge in [0, 0.05) is 47.8 Å². The van der Waals surface area contributed by atoms with E-state index in [1.54, 1.807) is 0 Å².